The molecule has 21 heavy (non-hydrogen) atoms. The van der Waals surface area contributed by atoms with E-state index in [0.29, 0.717) is 6.61 Å². The van der Waals surface area contributed by atoms with Crippen molar-refractivity contribution in [3.63, 3.8) is 0 Å². The van der Waals surface area contributed by atoms with Crippen LogP contribution in [0.25, 0.3) is 0 Å². The first-order chi connectivity index (χ1) is 9.76. The zero-order valence-corrected chi connectivity index (χ0v) is 13.4. The molecule has 0 bridgehead atoms. The van der Waals surface area contributed by atoms with Gasteiger partial charge < -0.3 is 10.1 Å². The van der Waals surface area contributed by atoms with Crippen molar-refractivity contribution in [1.29, 1.82) is 0 Å². The molecule has 0 heterocycles. The predicted molar refractivity (Wildman–Crippen MR) is 81.7 cm³/mol. The number of hydrogen-bond donors (Lipinski definition) is 2. The third kappa shape index (κ3) is 8.31. The standard InChI is InChI=1S/C14H22N2O4S/c1-11-4-6-13(7-5-11)20-10-12(2)16-14(17)8-9-15-21(3,18)19/h4-7,12,15H,8-10H2,1-3H3,(H,16,17)/t12-/m0/s1. The minimum atomic E-state index is -3.25. The quantitative estimate of drug-likeness (QED) is 0.744. The summed E-state index contributed by atoms with van der Waals surface area (Å²) < 4.78 is 29.5. The second-order valence-corrected chi connectivity index (χ2v) is 6.84. The summed E-state index contributed by atoms with van der Waals surface area (Å²) in [6.45, 7) is 4.28. The number of sulfonamides is 1. The first-order valence-electron chi connectivity index (χ1n) is 6.70. The highest BCUT2D eigenvalue weighted by molar-refractivity contribution is 7.88. The molecule has 1 rings (SSSR count). The Morgan fingerprint density at radius 2 is 1.90 bits per heavy atom. The van der Waals surface area contributed by atoms with Crippen molar-refractivity contribution in [3.05, 3.63) is 29.8 Å². The molecule has 0 fully saturated rings. The van der Waals surface area contributed by atoms with Gasteiger partial charge in [-0.05, 0) is 26.0 Å². The van der Waals surface area contributed by atoms with Gasteiger partial charge in [0.15, 0.2) is 0 Å². The maximum atomic E-state index is 11.6. The summed E-state index contributed by atoms with van der Waals surface area (Å²) in [4.78, 5) is 11.6. The third-order valence-corrected chi connectivity index (χ3v) is 3.37. The van der Waals surface area contributed by atoms with Crippen LogP contribution in [-0.2, 0) is 14.8 Å². The Labute approximate surface area is 125 Å². The lowest BCUT2D eigenvalue weighted by Crippen LogP contribution is -2.38. The number of nitrogens with one attached hydrogen (secondary N) is 2. The molecule has 118 valence electrons. The number of ether oxygens (including phenoxy) is 1. The molecule has 1 aromatic rings. The van der Waals surface area contributed by atoms with E-state index in [1.807, 2.05) is 38.1 Å². The topological polar surface area (TPSA) is 84.5 Å². The van der Waals surface area contributed by atoms with Crippen molar-refractivity contribution >= 4 is 15.9 Å². The fourth-order valence-electron chi connectivity index (χ4n) is 1.59. The van der Waals surface area contributed by atoms with Gasteiger partial charge >= 0.3 is 0 Å². The van der Waals surface area contributed by atoms with E-state index in [1.54, 1.807) is 0 Å². The molecule has 0 saturated carbocycles. The summed E-state index contributed by atoms with van der Waals surface area (Å²) in [5, 5.41) is 2.75. The van der Waals surface area contributed by atoms with Gasteiger partial charge in [0, 0.05) is 13.0 Å². The SMILES string of the molecule is Cc1ccc(OC[C@H](C)NC(=O)CCNS(C)(=O)=O)cc1. The van der Waals surface area contributed by atoms with Crippen LogP contribution < -0.4 is 14.8 Å². The second kappa shape index (κ2) is 7.99. The smallest absolute Gasteiger partial charge is 0.221 e. The van der Waals surface area contributed by atoms with Gasteiger partial charge in [0.1, 0.15) is 12.4 Å². The summed E-state index contributed by atoms with van der Waals surface area (Å²) in [5.41, 5.74) is 1.15. The van der Waals surface area contributed by atoms with E-state index in [2.05, 4.69) is 10.0 Å². The minimum Gasteiger partial charge on any atom is -0.491 e. The average Bonchev–Trinajstić information content (AvgIpc) is 2.36. The van der Waals surface area contributed by atoms with E-state index in [-0.39, 0.29) is 24.9 Å². The molecule has 1 atom stereocenters. The molecule has 0 radical (unpaired) electrons. The molecule has 0 saturated heterocycles. The van der Waals surface area contributed by atoms with Crippen molar-refractivity contribution in [2.75, 3.05) is 19.4 Å². The molecule has 0 aliphatic heterocycles. The van der Waals surface area contributed by atoms with Crippen LogP contribution in [0.5, 0.6) is 5.75 Å². The van der Waals surface area contributed by atoms with Crippen LogP contribution in [0.1, 0.15) is 18.9 Å². The van der Waals surface area contributed by atoms with Gasteiger partial charge in [0.05, 0.1) is 12.3 Å². The Kier molecular flexibility index (Phi) is 6.64. The number of carbonyl (C=O) groups excluding carboxylic acids is 1. The summed E-state index contributed by atoms with van der Waals surface area (Å²) in [6.07, 6.45) is 1.16. The van der Waals surface area contributed by atoms with Crippen molar-refractivity contribution in [1.82, 2.24) is 10.0 Å². The maximum Gasteiger partial charge on any atom is 0.221 e. The summed E-state index contributed by atoms with van der Waals surface area (Å²) in [5.74, 6) is 0.534. The summed E-state index contributed by atoms with van der Waals surface area (Å²) in [6, 6.07) is 7.50. The summed E-state index contributed by atoms with van der Waals surface area (Å²) in [7, 11) is -3.25. The Morgan fingerprint density at radius 1 is 1.29 bits per heavy atom. The van der Waals surface area contributed by atoms with Crippen LogP contribution in [-0.4, -0.2) is 39.8 Å². The fourth-order valence-corrected chi connectivity index (χ4v) is 2.07. The van der Waals surface area contributed by atoms with Crippen LogP contribution in [0.2, 0.25) is 0 Å². The van der Waals surface area contributed by atoms with Crippen molar-refractivity contribution < 1.29 is 17.9 Å². The highest BCUT2D eigenvalue weighted by atomic mass is 32.2. The van der Waals surface area contributed by atoms with Crippen LogP contribution >= 0.6 is 0 Å². The molecule has 0 unspecified atom stereocenters. The van der Waals surface area contributed by atoms with E-state index in [9.17, 15) is 13.2 Å². The lowest BCUT2D eigenvalue weighted by molar-refractivity contribution is -0.121. The van der Waals surface area contributed by atoms with E-state index in [1.165, 1.54) is 0 Å². The first kappa shape index (κ1) is 17.5. The first-order valence-corrected chi connectivity index (χ1v) is 8.59. The van der Waals surface area contributed by atoms with Crippen LogP contribution in [0, 0.1) is 6.92 Å². The van der Waals surface area contributed by atoms with Crippen molar-refractivity contribution in [2.24, 2.45) is 0 Å². The van der Waals surface area contributed by atoms with E-state index in [0.717, 1.165) is 17.6 Å². The molecule has 0 aromatic heterocycles. The lowest BCUT2D eigenvalue weighted by atomic mass is 10.2. The molecule has 7 heteroatoms. The number of carbonyl (C=O) groups is 1. The molecule has 0 spiro atoms. The van der Waals surface area contributed by atoms with Gasteiger partial charge in [-0.15, -0.1) is 0 Å². The molecule has 0 aliphatic carbocycles. The third-order valence-electron chi connectivity index (χ3n) is 2.64. The molecule has 6 nitrogen and oxygen atoms in total. The van der Waals surface area contributed by atoms with Crippen LogP contribution in [0.4, 0.5) is 0 Å². The number of rotatable bonds is 8. The average molecular weight is 314 g/mol. The second-order valence-electron chi connectivity index (χ2n) is 5.01. The Balaban J connectivity index is 2.25. The number of amides is 1. The summed E-state index contributed by atoms with van der Waals surface area (Å²) >= 11 is 0. The van der Waals surface area contributed by atoms with Gasteiger partial charge in [0.2, 0.25) is 15.9 Å². The van der Waals surface area contributed by atoms with Crippen LogP contribution in [0.3, 0.4) is 0 Å². The van der Waals surface area contributed by atoms with Gasteiger partial charge in [-0.1, -0.05) is 17.7 Å². The molecule has 1 amide bonds. The fraction of sp³-hybridized carbons (Fsp3) is 0.500. The van der Waals surface area contributed by atoms with Gasteiger partial charge in [0.25, 0.3) is 0 Å². The van der Waals surface area contributed by atoms with E-state index < -0.39 is 10.0 Å². The molecule has 2 N–H and O–H groups in total. The Hall–Kier alpha value is -1.60. The number of aryl methyl sites for hydroxylation is 1. The highest BCUT2D eigenvalue weighted by Gasteiger charge is 2.09. The normalized spacial score (nSPS) is 12.7. The Bertz CT molecular complexity index is 555. The maximum absolute atomic E-state index is 11.6. The van der Waals surface area contributed by atoms with Gasteiger partial charge in [-0.2, -0.15) is 0 Å². The van der Waals surface area contributed by atoms with Gasteiger partial charge in [-0.25, -0.2) is 13.1 Å². The van der Waals surface area contributed by atoms with Crippen molar-refractivity contribution in [3.8, 4) is 5.75 Å². The van der Waals surface area contributed by atoms with Crippen molar-refractivity contribution in [2.45, 2.75) is 26.3 Å². The van der Waals surface area contributed by atoms with Gasteiger partial charge in [-0.3, -0.25) is 4.79 Å². The largest absolute Gasteiger partial charge is 0.491 e. The molecular formula is C14H22N2O4S. The van der Waals surface area contributed by atoms with Crippen LogP contribution in [0.15, 0.2) is 24.3 Å². The predicted octanol–water partition coefficient (Wildman–Crippen LogP) is 0.818. The van der Waals surface area contributed by atoms with E-state index >= 15 is 0 Å². The lowest BCUT2D eigenvalue weighted by Gasteiger charge is -2.15. The molecule has 1 aromatic carbocycles. The number of benzene rings is 1. The highest BCUT2D eigenvalue weighted by Crippen LogP contribution is 2.11. The Morgan fingerprint density at radius 3 is 2.48 bits per heavy atom. The zero-order valence-electron chi connectivity index (χ0n) is 12.5. The zero-order chi connectivity index (χ0) is 15.9. The van der Waals surface area contributed by atoms with E-state index in [4.69, 9.17) is 4.74 Å². The monoisotopic (exact) mass is 314 g/mol. The molecular weight excluding hydrogens is 292 g/mol. The number of hydrogen-bond acceptors (Lipinski definition) is 4. The molecule has 0 aliphatic rings. The minimum absolute atomic E-state index is 0.0935.